The Morgan fingerprint density at radius 2 is 1.82 bits per heavy atom. The van der Waals surface area contributed by atoms with E-state index in [2.05, 4.69) is 30.8 Å². The Morgan fingerprint density at radius 1 is 1.09 bits per heavy atom. The SMILES string of the molecule is Cc1cc(-c2cnc(Nc3ccc(S(C)(=O)=O)cc3)nc2N[C@H](CO)c2ccccc2)n[nH]1. The molecule has 0 saturated heterocycles. The first-order valence-corrected chi connectivity index (χ1v) is 12.1. The number of nitrogens with one attached hydrogen (secondary N) is 3. The molecular weight excluding hydrogens is 440 g/mol. The normalized spacial score (nSPS) is 12.3. The summed E-state index contributed by atoms with van der Waals surface area (Å²) < 4.78 is 23.4. The summed E-state index contributed by atoms with van der Waals surface area (Å²) in [6.45, 7) is 1.77. The van der Waals surface area contributed by atoms with Crippen molar-refractivity contribution >= 4 is 27.3 Å². The second-order valence-corrected chi connectivity index (χ2v) is 9.62. The molecule has 4 rings (SSSR count). The summed E-state index contributed by atoms with van der Waals surface area (Å²) in [5.74, 6) is 0.806. The fourth-order valence-electron chi connectivity index (χ4n) is 3.29. The number of H-pyrrole nitrogens is 1. The monoisotopic (exact) mass is 464 g/mol. The number of hydrogen-bond donors (Lipinski definition) is 4. The number of aromatic nitrogens is 4. The molecule has 0 aliphatic carbocycles. The molecule has 1 atom stereocenters. The van der Waals surface area contributed by atoms with Gasteiger partial charge >= 0.3 is 0 Å². The van der Waals surface area contributed by atoms with Crippen LogP contribution in [0.25, 0.3) is 11.3 Å². The minimum Gasteiger partial charge on any atom is -0.394 e. The van der Waals surface area contributed by atoms with Crippen molar-refractivity contribution in [1.29, 1.82) is 0 Å². The molecule has 33 heavy (non-hydrogen) atoms. The molecule has 10 heteroatoms. The van der Waals surface area contributed by atoms with Crippen molar-refractivity contribution in [1.82, 2.24) is 20.2 Å². The maximum absolute atomic E-state index is 11.7. The molecule has 2 heterocycles. The summed E-state index contributed by atoms with van der Waals surface area (Å²) >= 11 is 0. The Morgan fingerprint density at radius 3 is 2.42 bits per heavy atom. The summed E-state index contributed by atoms with van der Waals surface area (Å²) in [7, 11) is -3.28. The summed E-state index contributed by atoms with van der Waals surface area (Å²) in [6.07, 6.45) is 2.81. The van der Waals surface area contributed by atoms with Crippen molar-refractivity contribution in [2.45, 2.75) is 17.9 Å². The topological polar surface area (TPSA) is 133 Å². The number of hydrogen-bond acceptors (Lipinski definition) is 8. The zero-order valence-electron chi connectivity index (χ0n) is 18.1. The smallest absolute Gasteiger partial charge is 0.229 e. The highest BCUT2D eigenvalue weighted by Gasteiger charge is 2.17. The third-order valence-electron chi connectivity index (χ3n) is 5.00. The van der Waals surface area contributed by atoms with Gasteiger partial charge in [0.15, 0.2) is 9.84 Å². The largest absolute Gasteiger partial charge is 0.394 e. The molecule has 0 aliphatic rings. The lowest BCUT2D eigenvalue weighted by Crippen LogP contribution is -2.17. The van der Waals surface area contributed by atoms with Crippen LogP contribution in [0, 0.1) is 6.92 Å². The summed E-state index contributed by atoms with van der Waals surface area (Å²) in [5, 5.41) is 23.6. The Balaban J connectivity index is 1.67. The predicted molar refractivity (Wildman–Crippen MR) is 127 cm³/mol. The lowest BCUT2D eigenvalue weighted by Gasteiger charge is -2.19. The molecule has 9 nitrogen and oxygen atoms in total. The first kappa shape index (κ1) is 22.4. The van der Waals surface area contributed by atoms with E-state index in [4.69, 9.17) is 0 Å². The predicted octanol–water partition coefficient (Wildman–Crippen LogP) is 3.47. The van der Waals surface area contributed by atoms with Gasteiger partial charge in [-0.05, 0) is 42.8 Å². The average molecular weight is 465 g/mol. The maximum Gasteiger partial charge on any atom is 0.229 e. The van der Waals surface area contributed by atoms with Crippen LogP contribution < -0.4 is 10.6 Å². The van der Waals surface area contributed by atoms with E-state index in [1.54, 1.807) is 18.3 Å². The van der Waals surface area contributed by atoms with Crippen LogP contribution in [0.3, 0.4) is 0 Å². The van der Waals surface area contributed by atoms with Crippen molar-refractivity contribution in [3.05, 3.63) is 78.1 Å². The van der Waals surface area contributed by atoms with Crippen molar-refractivity contribution in [2.24, 2.45) is 0 Å². The summed E-state index contributed by atoms with van der Waals surface area (Å²) in [5.41, 5.74) is 3.79. The van der Waals surface area contributed by atoms with Crippen LogP contribution in [0.15, 0.2) is 71.8 Å². The van der Waals surface area contributed by atoms with Crippen LogP contribution in [0.5, 0.6) is 0 Å². The number of rotatable bonds is 8. The number of anilines is 3. The molecular formula is C23H24N6O3S. The quantitative estimate of drug-likeness (QED) is 0.312. The van der Waals surface area contributed by atoms with Crippen LogP contribution in [-0.4, -0.2) is 46.6 Å². The molecule has 4 N–H and O–H groups in total. The molecule has 2 aromatic heterocycles. The van der Waals surface area contributed by atoms with Crippen LogP contribution >= 0.6 is 0 Å². The van der Waals surface area contributed by atoms with Crippen LogP contribution in [0.2, 0.25) is 0 Å². The fraction of sp³-hybridized carbons (Fsp3) is 0.174. The van der Waals surface area contributed by atoms with Gasteiger partial charge in [0.25, 0.3) is 0 Å². The highest BCUT2D eigenvalue weighted by Crippen LogP contribution is 2.29. The van der Waals surface area contributed by atoms with Crippen molar-refractivity contribution in [3.63, 3.8) is 0 Å². The van der Waals surface area contributed by atoms with E-state index in [0.29, 0.717) is 28.7 Å². The first-order valence-electron chi connectivity index (χ1n) is 10.2. The second kappa shape index (κ2) is 9.39. The van der Waals surface area contributed by atoms with E-state index in [1.807, 2.05) is 43.3 Å². The lowest BCUT2D eigenvalue weighted by molar-refractivity contribution is 0.276. The van der Waals surface area contributed by atoms with E-state index in [0.717, 1.165) is 17.5 Å². The van der Waals surface area contributed by atoms with Crippen molar-refractivity contribution in [3.8, 4) is 11.3 Å². The molecule has 4 aromatic rings. The number of sulfone groups is 1. The standard InChI is InChI=1S/C23H24N6O3S/c1-15-12-20(29-28-15)19-13-24-23(25-17-8-10-18(11-9-17)33(2,31)32)27-22(19)26-21(14-30)16-6-4-3-5-7-16/h3-13,21,30H,14H2,1-2H3,(H,28,29)(H2,24,25,26,27)/t21-/m1/s1. The fourth-order valence-corrected chi connectivity index (χ4v) is 3.93. The van der Waals surface area contributed by atoms with E-state index in [9.17, 15) is 13.5 Å². The van der Waals surface area contributed by atoms with Crippen molar-refractivity contribution < 1.29 is 13.5 Å². The number of benzene rings is 2. The lowest BCUT2D eigenvalue weighted by atomic mass is 10.1. The second-order valence-electron chi connectivity index (χ2n) is 7.60. The average Bonchev–Trinajstić information content (AvgIpc) is 3.24. The van der Waals surface area contributed by atoms with Gasteiger partial charge in [-0.3, -0.25) is 5.10 Å². The van der Waals surface area contributed by atoms with Gasteiger partial charge in [0.1, 0.15) is 5.82 Å². The molecule has 0 fully saturated rings. The maximum atomic E-state index is 11.7. The molecule has 0 spiro atoms. The van der Waals surface area contributed by atoms with Gasteiger partial charge in [-0.1, -0.05) is 30.3 Å². The molecule has 0 saturated carbocycles. The summed E-state index contributed by atoms with van der Waals surface area (Å²) in [6, 6.07) is 17.4. The van der Waals surface area contributed by atoms with E-state index < -0.39 is 9.84 Å². The Hall–Kier alpha value is -3.76. The van der Waals surface area contributed by atoms with E-state index in [-0.39, 0.29) is 17.5 Å². The molecule has 0 amide bonds. The van der Waals surface area contributed by atoms with Crippen LogP contribution in [0.4, 0.5) is 17.5 Å². The van der Waals surface area contributed by atoms with E-state index in [1.165, 1.54) is 12.1 Å². The van der Waals surface area contributed by atoms with Gasteiger partial charge in [-0.15, -0.1) is 0 Å². The number of aryl methyl sites for hydroxylation is 1. The molecule has 170 valence electrons. The minimum atomic E-state index is -3.28. The number of aliphatic hydroxyl groups is 1. The van der Waals surface area contributed by atoms with Gasteiger partial charge in [0, 0.05) is 23.8 Å². The highest BCUT2D eigenvalue weighted by molar-refractivity contribution is 7.90. The number of nitrogens with zero attached hydrogens (tertiary/aromatic N) is 3. The first-order chi connectivity index (χ1) is 15.8. The van der Waals surface area contributed by atoms with Crippen molar-refractivity contribution in [2.75, 3.05) is 23.5 Å². The number of aliphatic hydroxyl groups excluding tert-OH is 1. The molecule has 0 unspecified atom stereocenters. The summed E-state index contributed by atoms with van der Waals surface area (Å²) in [4.78, 5) is 9.25. The Bertz CT molecular complexity index is 1340. The van der Waals surface area contributed by atoms with Gasteiger partial charge in [-0.25, -0.2) is 13.4 Å². The van der Waals surface area contributed by atoms with Gasteiger partial charge in [-0.2, -0.15) is 10.1 Å². The van der Waals surface area contributed by atoms with E-state index >= 15 is 0 Å². The molecule has 0 aliphatic heterocycles. The third kappa shape index (κ3) is 5.36. The van der Waals surface area contributed by atoms with Crippen LogP contribution in [-0.2, 0) is 9.84 Å². The number of aromatic amines is 1. The highest BCUT2D eigenvalue weighted by atomic mass is 32.2. The Kier molecular flexibility index (Phi) is 6.38. The zero-order valence-corrected chi connectivity index (χ0v) is 19.0. The minimum absolute atomic E-state index is 0.136. The van der Waals surface area contributed by atoms with Crippen LogP contribution in [0.1, 0.15) is 17.3 Å². The molecule has 2 aromatic carbocycles. The van der Waals surface area contributed by atoms with Gasteiger partial charge in [0.2, 0.25) is 5.95 Å². The van der Waals surface area contributed by atoms with Gasteiger partial charge in [0.05, 0.1) is 28.8 Å². The molecule has 0 bridgehead atoms. The Labute approximate surface area is 191 Å². The van der Waals surface area contributed by atoms with Gasteiger partial charge < -0.3 is 15.7 Å². The molecule has 0 radical (unpaired) electrons. The third-order valence-corrected chi connectivity index (χ3v) is 6.13. The zero-order chi connectivity index (χ0) is 23.4.